The summed E-state index contributed by atoms with van der Waals surface area (Å²) in [6.45, 7) is 10.9. The normalized spacial score (nSPS) is 12.4. The summed E-state index contributed by atoms with van der Waals surface area (Å²) in [7, 11) is 1.81. The zero-order chi connectivity index (χ0) is 9.61. The van der Waals surface area contributed by atoms with Crippen LogP contribution in [0.25, 0.3) is 0 Å². The van der Waals surface area contributed by atoms with Gasteiger partial charge in [-0.05, 0) is 25.9 Å². The maximum atomic E-state index is 5.61. The molecular formula is C9H22BNO. The Morgan fingerprint density at radius 2 is 1.50 bits per heavy atom. The van der Waals surface area contributed by atoms with Crippen molar-refractivity contribution >= 4 is 8.05 Å². The van der Waals surface area contributed by atoms with Crippen LogP contribution in [0.4, 0.5) is 0 Å². The van der Waals surface area contributed by atoms with Crippen molar-refractivity contribution in [3.05, 3.63) is 0 Å². The third-order valence-electron chi connectivity index (χ3n) is 2.82. The molecule has 2 nitrogen and oxygen atoms in total. The highest BCUT2D eigenvalue weighted by Crippen LogP contribution is 2.23. The molecule has 0 bridgehead atoms. The summed E-state index contributed by atoms with van der Waals surface area (Å²) in [4.78, 5) is 2.38. The van der Waals surface area contributed by atoms with Crippen LogP contribution in [0.2, 0.25) is 0 Å². The molecule has 0 rings (SSSR count). The first-order valence-corrected chi connectivity index (χ1v) is 5.00. The Morgan fingerprint density at radius 1 is 1.08 bits per heavy atom. The standard InChI is InChI=1S/C9H22BNO/c1-5-9(6-2,12-10)11(7-3)8-4/h5-8,10H2,1-4H3. The predicted octanol–water partition coefficient (Wildman–Crippen LogP) is 1.41. The van der Waals surface area contributed by atoms with Gasteiger partial charge in [0.05, 0.1) is 0 Å². The van der Waals surface area contributed by atoms with E-state index < -0.39 is 0 Å². The third-order valence-corrected chi connectivity index (χ3v) is 2.82. The molecule has 0 atom stereocenters. The summed E-state index contributed by atoms with van der Waals surface area (Å²) in [5.41, 5.74) is -0.0243. The van der Waals surface area contributed by atoms with Crippen molar-refractivity contribution in [3.63, 3.8) is 0 Å². The zero-order valence-corrected chi connectivity index (χ0v) is 9.18. The Labute approximate surface area is 77.7 Å². The molecule has 0 aromatic heterocycles. The predicted molar refractivity (Wildman–Crippen MR) is 55.9 cm³/mol. The molecule has 0 fully saturated rings. The Kier molecular flexibility index (Phi) is 5.59. The molecule has 0 aromatic carbocycles. The second-order valence-electron chi connectivity index (χ2n) is 3.03. The number of hydrogen-bond acceptors (Lipinski definition) is 2. The van der Waals surface area contributed by atoms with Gasteiger partial charge in [-0.15, -0.1) is 0 Å². The van der Waals surface area contributed by atoms with Crippen LogP contribution in [0.3, 0.4) is 0 Å². The molecule has 0 radical (unpaired) electrons. The van der Waals surface area contributed by atoms with Gasteiger partial charge in [-0.1, -0.05) is 27.7 Å². The van der Waals surface area contributed by atoms with Crippen LogP contribution in [0.5, 0.6) is 0 Å². The van der Waals surface area contributed by atoms with Crippen molar-refractivity contribution in [1.29, 1.82) is 0 Å². The smallest absolute Gasteiger partial charge is 0.259 e. The van der Waals surface area contributed by atoms with Crippen LogP contribution >= 0.6 is 0 Å². The summed E-state index contributed by atoms with van der Waals surface area (Å²) in [5, 5.41) is 0. The van der Waals surface area contributed by atoms with Crippen molar-refractivity contribution in [1.82, 2.24) is 4.90 Å². The Hall–Kier alpha value is -0.0151. The van der Waals surface area contributed by atoms with Gasteiger partial charge >= 0.3 is 0 Å². The van der Waals surface area contributed by atoms with E-state index >= 15 is 0 Å². The van der Waals surface area contributed by atoms with E-state index in [0.717, 1.165) is 25.9 Å². The number of nitrogens with zero attached hydrogens (tertiary/aromatic N) is 1. The molecule has 72 valence electrons. The molecule has 0 aliphatic carbocycles. The topological polar surface area (TPSA) is 12.5 Å². The molecule has 0 unspecified atom stereocenters. The molecular weight excluding hydrogens is 149 g/mol. The largest absolute Gasteiger partial charge is 0.427 e. The quantitative estimate of drug-likeness (QED) is 0.442. The first-order chi connectivity index (χ1) is 5.70. The highest BCUT2D eigenvalue weighted by atomic mass is 16.5. The van der Waals surface area contributed by atoms with Crippen LogP contribution in [-0.2, 0) is 4.65 Å². The van der Waals surface area contributed by atoms with Gasteiger partial charge in [0.2, 0.25) is 0 Å². The Balaban J connectivity index is 4.42. The van der Waals surface area contributed by atoms with E-state index in [1.165, 1.54) is 0 Å². The van der Waals surface area contributed by atoms with Crippen LogP contribution in [0, 0.1) is 0 Å². The fraction of sp³-hybridized carbons (Fsp3) is 1.00. The van der Waals surface area contributed by atoms with E-state index in [2.05, 4.69) is 32.6 Å². The lowest BCUT2D eigenvalue weighted by atomic mass is 10.0. The average molecular weight is 171 g/mol. The molecule has 0 heterocycles. The van der Waals surface area contributed by atoms with Crippen molar-refractivity contribution in [2.24, 2.45) is 0 Å². The molecule has 0 aliphatic rings. The van der Waals surface area contributed by atoms with Crippen LogP contribution < -0.4 is 0 Å². The summed E-state index contributed by atoms with van der Waals surface area (Å²) in [6, 6.07) is 0. The molecule has 0 aliphatic heterocycles. The van der Waals surface area contributed by atoms with Gasteiger partial charge in [0.25, 0.3) is 8.05 Å². The monoisotopic (exact) mass is 171 g/mol. The molecule has 0 spiro atoms. The zero-order valence-electron chi connectivity index (χ0n) is 9.18. The fourth-order valence-electron chi connectivity index (χ4n) is 1.91. The van der Waals surface area contributed by atoms with Crippen LogP contribution in [-0.4, -0.2) is 31.8 Å². The molecule has 0 saturated carbocycles. The SMILES string of the molecule is BOC(CC)(CC)N(CC)CC. The molecule has 12 heavy (non-hydrogen) atoms. The van der Waals surface area contributed by atoms with Crippen molar-refractivity contribution < 1.29 is 4.65 Å². The van der Waals surface area contributed by atoms with Crippen molar-refractivity contribution in [3.8, 4) is 0 Å². The molecule has 0 saturated heterocycles. The molecule has 0 aromatic rings. The lowest BCUT2D eigenvalue weighted by Gasteiger charge is -2.41. The van der Waals surface area contributed by atoms with Crippen molar-refractivity contribution in [2.45, 2.75) is 46.3 Å². The van der Waals surface area contributed by atoms with Gasteiger partial charge in [-0.25, -0.2) is 0 Å². The maximum Gasteiger partial charge on any atom is 0.259 e. The van der Waals surface area contributed by atoms with Gasteiger partial charge in [0.15, 0.2) is 0 Å². The van der Waals surface area contributed by atoms with Gasteiger partial charge in [-0.2, -0.15) is 0 Å². The summed E-state index contributed by atoms with van der Waals surface area (Å²) in [6.07, 6.45) is 2.11. The lowest BCUT2D eigenvalue weighted by molar-refractivity contribution is -0.0826. The summed E-state index contributed by atoms with van der Waals surface area (Å²) in [5.74, 6) is 0. The van der Waals surface area contributed by atoms with E-state index in [1.807, 2.05) is 8.05 Å². The fourth-order valence-corrected chi connectivity index (χ4v) is 1.91. The van der Waals surface area contributed by atoms with Crippen molar-refractivity contribution in [2.75, 3.05) is 13.1 Å². The number of rotatable bonds is 6. The van der Waals surface area contributed by atoms with Crippen LogP contribution in [0.1, 0.15) is 40.5 Å². The second kappa shape index (κ2) is 5.60. The van der Waals surface area contributed by atoms with Gasteiger partial charge in [0.1, 0.15) is 5.72 Å². The highest BCUT2D eigenvalue weighted by Gasteiger charge is 2.29. The first kappa shape index (κ1) is 12.0. The van der Waals surface area contributed by atoms with E-state index in [4.69, 9.17) is 4.65 Å². The summed E-state index contributed by atoms with van der Waals surface area (Å²) >= 11 is 0. The van der Waals surface area contributed by atoms with E-state index in [-0.39, 0.29) is 5.72 Å². The Morgan fingerprint density at radius 3 is 1.58 bits per heavy atom. The summed E-state index contributed by atoms with van der Waals surface area (Å²) < 4.78 is 5.61. The van der Waals surface area contributed by atoms with Gasteiger partial charge in [-0.3, -0.25) is 4.90 Å². The van der Waals surface area contributed by atoms with E-state index in [9.17, 15) is 0 Å². The molecule has 3 heteroatoms. The van der Waals surface area contributed by atoms with Gasteiger partial charge < -0.3 is 4.65 Å². The minimum Gasteiger partial charge on any atom is -0.427 e. The minimum absolute atomic E-state index is 0.0243. The second-order valence-corrected chi connectivity index (χ2v) is 3.03. The first-order valence-electron chi connectivity index (χ1n) is 5.00. The van der Waals surface area contributed by atoms with E-state index in [1.54, 1.807) is 0 Å². The van der Waals surface area contributed by atoms with E-state index in [0.29, 0.717) is 0 Å². The maximum absolute atomic E-state index is 5.61. The van der Waals surface area contributed by atoms with Crippen LogP contribution in [0.15, 0.2) is 0 Å². The Bertz CT molecular complexity index is 103. The minimum atomic E-state index is -0.0243. The van der Waals surface area contributed by atoms with Gasteiger partial charge in [0, 0.05) is 0 Å². The molecule has 0 amide bonds. The average Bonchev–Trinajstić information content (AvgIpc) is 2.14. The lowest BCUT2D eigenvalue weighted by Crippen LogP contribution is -2.49. The number of hydrogen-bond donors (Lipinski definition) is 0. The third kappa shape index (κ3) is 2.24. The highest BCUT2D eigenvalue weighted by molar-refractivity contribution is 5.98. The molecule has 0 N–H and O–H groups in total.